The van der Waals surface area contributed by atoms with E-state index >= 15 is 0 Å². The first-order valence-corrected chi connectivity index (χ1v) is 9.14. The zero-order valence-corrected chi connectivity index (χ0v) is 14.7. The number of halogens is 1. The van der Waals surface area contributed by atoms with Crippen LogP contribution < -0.4 is 5.32 Å². The minimum absolute atomic E-state index is 0.119. The molecule has 0 spiro atoms. The molecule has 0 saturated carbocycles. The summed E-state index contributed by atoms with van der Waals surface area (Å²) < 4.78 is 0. The van der Waals surface area contributed by atoms with Gasteiger partial charge in [-0.3, -0.25) is 14.7 Å². The Morgan fingerprint density at radius 2 is 2.04 bits per heavy atom. The Balaban J connectivity index is 1.55. The maximum atomic E-state index is 12.7. The molecule has 25 heavy (non-hydrogen) atoms. The van der Waals surface area contributed by atoms with E-state index in [2.05, 4.69) is 26.3 Å². The van der Waals surface area contributed by atoms with Crippen molar-refractivity contribution in [2.24, 2.45) is 5.92 Å². The van der Waals surface area contributed by atoms with Gasteiger partial charge in [0.05, 0.1) is 5.02 Å². The van der Waals surface area contributed by atoms with Crippen molar-refractivity contribution in [3.05, 3.63) is 59.1 Å². The van der Waals surface area contributed by atoms with Crippen LogP contribution in [0.4, 0.5) is 0 Å². The van der Waals surface area contributed by atoms with Crippen LogP contribution in [-0.2, 0) is 6.42 Å². The molecule has 0 aromatic carbocycles. The SMILES string of the molecule is O=C(N[C@@H]1C2CCN(CC2)[C@H]1Cc1cccnc1)c1ncccc1Cl. The van der Waals surface area contributed by atoms with Gasteiger partial charge in [-0.15, -0.1) is 0 Å². The first-order chi connectivity index (χ1) is 12.2. The van der Waals surface area contributed by atoms with Gasteiger partial charge in [0.2, 0.25) is 0 Å². The number of nitrogens with one attached hydrogen (secondary N) is 1. The van der Waals surface area contributed by atoms with Crippen LogP contribution >= 0.6 is 11.6 Å². The predicted octanol–water partition coefficient (Wildman–Crippen LogP) is 2.57. The second-order valence-electron chi connectivity index (χ2n) is 6.84. The molecule has 2 bridgehead atoms. The van der Waals surface area contributed by atoms with Crippen LogP contribution in [0.15, 0.2) is 42.9 Å². The van der Waals surface area contributed by atoms with E-state index in [0.29, 0.717) is 22.7 Å². The number of aromatic nitrogens is 2. The number of hydrogen-bond acceptors (Lipinski definition) is 4. The number of fused-ring (bicyclic) bond motifs is 3. The van der Waals surface area contributed by atoms with Crippen molar-refractivity contribution in [1.29, 1.82) is 0 Å². The van der Waals surface area contributed by atoms with Crippen molar-refractivity contribution >= 4 is 17.5 Å². The fraction of sp³-hybridized carbons (Fsp3) is 0.421. The number of carbonyl (C=O) groups excluding carboxylic acids is 1. The van der Waals surface area contributed by atoms with E-state index in [9.17, 15) is 4.79 Å². The quantitative estimate of drug-likeness (QED) is 0.914. The average Bonchev–Trinajstić information content (AvgIpc) is 2.65. The van der Waals surface area contributed by atoms with Gasteiger partial charge in [0.1, 0.15) is 5.69 Å². The third-order valence-corrected chi connectivity index (χ3v) is 5.71. The summed E-state index contributed by atoms with van der Waals surface area (Å²) in [5, 5.41) is 3.62. The smallest absolute Gasteiger partial charge is 0.271 e. The largest absolute Gasteiger partial charge is 0.346 e. The molecule has 3 aliphatic heterocycles. The van der Waals surface area contributed by atoms with Gasteiger partial charge >= 0.3 is 0 Å². The molecule has 3 aliphatic rings. The van der Waals surface area contributed by atoms with Gasteiger partial charge in [-0.2, -0.15) is 0 Å². The summed E-state index contributed by atoms with van der Waals surface area (Å²) >= 11 is 6.14. The van der Waals surface area contributed by atoms with Crippen molar-refractivity contribution in [2.45, 2.75) is 31.3 Å². The lowest BCUT2D eigenvalue weighted by atomic mass is 9.76. The maximum absolute atomic E-state index is 12.7. The Bertz CT molecular complexity index is 746. The molecule has 5 rings (SSSR count). The van der Waals surface area contributed by atoms with Crippen molar-refractivity contribution in [3.8, 4) is 0 Å². The number of rotatable bonds is 4. The summed E-state index contributed by atoms with van der Waals surface area (Å²) in [7, 11) is 0. The van der Waals surface area contributed by atoms with Gasteiger partial charge in [-0.05, 0) is 62.0 Å². The minimum Gasteiger partial charge on any atom is -0.346 e. The Hall–Kier alpha value is -1.98. The lowest BCUT2D eigenvalue weighted by Crippen LogP contribution is -2.64. The Kier molecular flexibility index (Phi) is 4.68. The highest BCUT2D eigenvalue weighted by Gasteiger charge is 2.43. The summed E-state index contributed by atoms with van der Waals surface area (Å²) in [6.07, 6.45) is 8.46. The molecular weight excluding hydrogens is 336 g/mol. The van der Waals surface area contributed by atoms with Crippen molar-refractivity contribution in [3.63, 3.8) is 0 Å². The van der Waals surface area contributed by atoms with Crippen molar-refractivity contribution in [2.75, 3.05) is 13.1 Å². The molecule has 6 heteroatoms. The molecule has 1 N–H and O–H groups in total. The summed E-state index contributed by atoms with van der Waals surface area (Å²) in [5.74, 6) is 0.332. The van der Waals surface area contributed by atoms with Gasteiger partial charge in [0.25, 0.3) is 5.91 Å². The molecule has 5 heterocycles. The number of pyridine rings is 2. The standard InChI is InChI=1S/C19H21ClN4O/c20-15-4-2-8-22-18(15)19(25)23-17-14-5-9-24(10-6-14)16(17)11-13-3-1-7-21-12-13/h1-4,7-8,12,14,16-17H,5-6,9-11H2,(H,23,25)/t16-,17+/m0/s1. The van der Waals surface area contributed by atoms with Crippen LogP contribution in [0.5, 0.6) is 0 Å². The highest BCUT2D eigenvalue weighted by atomic mass is 35.5. The van der Waals surface area contributed by atoms with Gasteiger partial charge in [0.15, 0.2) is 0 Å². The Labute approximate surface area is 152 Å². The average molecular weight is 357 g/mol. The Morgan fingerprint density at radius 1 is 1.24 bits per heavy atom. The third-order valence-electron chi connectivity index (χ3n) is 5.40. The lowest BCUT2D eigenvalue weighted by Gasteiger charge is -2.51. The van der Waals surface area contributed by atoms with E-state index in [1.54, 1.807) is 24.5 Å². The van der Waals surface area contributed by atoms with Gasteiger partial charge in [-0.25, -0.2) is 4.98 Å². The molecule has 2 atom stereocenters. The van der Waals surface area contributed by atoms with Crippen LogP contribution in [0.3, 0.4) is 0 Å². The highest BCUT2D eigenvalue weighted by molar-refractivity contribution is 6.33. The fourth-order valence-corrected chi connectivity index (χ4v) is 4.36. The van der Waals surface area contributed by atoms with Crippen LogP contribution in [0.25, 0.3) is 0 Å². The Morgan fingerprint density at radius 3 is 2.76 bits per heavy atom. The molecule has 1 amide bonds. The van der Waals surface area contributed by atoms with E-state index in [1.165, 1.54) is 5.56 Å². The summed E-state index contributed by atoms with van der Waals surface area (Å²) in [4.78, 5) is 23.6. The number of hydrogen-bond donors (Lipinski definition) is 1. The van der Waals surface area contributed by atoms with E-state index in [4.69, 9.17) is 11.6 Å². The zero-order valence-electron chi connectivity index (χ0n) is 13.9. The van der Waals surface area contributed by atoms with Gasteiger partial charge < -0.3 is 5.32 Å². The molecule has 0 aliphatic carbocycles. The molecule has 2 aromatic heterocycles. The lowest BCUT2D eigenvalue weighted by molar-refractivity contribution is 0.0135. The molecule has 5 nitrogen and oxygen atoms in total. The number of carbonyl (C=O) groups is 1. The molecule has 0 radical (unpaired) electrons. The summed E-state index contributed by atoms with van der Waals surface area (Å²) in [6.45, 7) is 2.21. The molecule has 3 fully saturated rings. The highest BCUT2D eigenvalue weighted by Crippen LogP contribution is 2.34. The minimum atomic E-state index is -0.180. The second kappa shape index (κ2) is 7.10. The van der Waals surface area contributed by atoms with Crippen LogP contribution in [0.1, 0.15) is 28.9 Å². The molecule has 3 saturated heterocycles. The summed E-state index contributed by atoms with van der Waals surface area (Å²) in [5.41, 5.74) is 1.51. The first-order valence-electron chi connectivity index (χ1n) is 8.76. The monoisotopic (exact) mass is 356 g/mol. The van der Waals surface area contributed by atoms with Crippen molar-refractivity contribution in [1.82, 2.24) is 20.2 Å². The molecule has 130 valence electrons. The molecular formula is C19H21ClN4O. The van der Waals surface area contributed by atoms with E-state index in [1.807, 2.05) is 12.3 Å². The topological polar surface area (TPSA) is 58.1 Å². The van der Waals surface area contributed by atoms with Gasteiger partial charge in [0, 0.05) is 30.7 Å². The zero-order chi connectivity index (χ0) is 17.2. The maximum Gasteiger partial charge on any atom is 0.271 e. The fourth-order valence-electron chi connectivity index (χ4n) is 4.15. The number of amides is 1. The molecule has 2 aromatic rings. The summed E-state index contributed by atoms with van der Waals surface area (Å²) in [6, 6.07) is 7.92. The van der Waals surface area contributed by atoms with E-state index < -0.39 is 0 Å². The van der Waals surface area contributed by atoms with Crippen LogP contribution in [-0.4, -0.2) is 45.9 Å². The van der Waals surface area contributed by atoms with E-state index in [0.717, 1.165) is 32.4 Å². The van der Waals surface area contributed by atoms with Gasteiger partial charge in [-0.1, -0.05) is 17.7 Å². The normalized spacial score (nSPS) is 27.9. The second-order valence-corrected chi connectivity index (χ2v) is 7.25. The molecule has 0 unspecified atom stereocenters. The van der Waals surface area contributed by atoms with Crippen LogP contribution in [0.2, 0.25) is 5.02 Å². The number of piperidine rings is 3. The predicted molar refractivity (Wildman–Crippen MR) is 96.5 cm³/mol. The third kappa shape index (κ3) is 3.39. The van der Waals surface area contributed by atoms with E-state index in [-0.39, 0.29) is 11.9 Å². The number of nitrogens with zero attached hydrogens (tertiary/aromatic N) is 3. The first kappa shape index (κ1) is 16.5. The van der Waals surface area contributed by atoms with Crippen LogP contribution in [0, 0.1) is 5.92 Å². The van der Waals surface area contributed by atoms with Crippen molar-refractivity contribution < 1.29 is 4.79 Å².